The summed E-state index contributed by atoms with van der Waals surface area (Å²) in [5, 5.41) is 13.0. The molecule has 3 rings (SSSR count). The molecule has 0 aromatic heterocycles. The first-order valence-corrected chi connectivity index (χ1v) is 9.94. The van der Waals surface area contributed by atoms with Gasteiger partial charge in [-0.15, -0.1) is 0 Å². The summed E-state index contributed by atoms with van der Waals surface area (Å²) in [6.45, 7) is 9.05. The minimum Gasteiger partial charge on any atom is -0.390 e. The summed E-state index contributed by atoms with van der Waals surface area (Å²) in [4.78, 5) is 17.5. The molecule has 1 aromatic carbocycles. The Hall–Kier alpha value is -1.47. The van der Waals surface area contributed by atoms with E-state index in [9.17, 15) is 9.90 Å². The first-order chi connectivity index (χ1) is 12.8. The van der Waals surface area contributed by atoms with Gasteiger partial charge in [0.25, 0.3) is 5.91 Å². The summed E-state index contributed by atoms with van der Waals surface area (Å²) in [6.07, 6.45) is 1.50. The quantitative estimate of drug-likeness (QED) is 0.781. The largest absolute Gasteiger partial charge is 0.390 e. The second kappa shape index (κ2) is 8.69. The molecule has 27 heavy (non-hydrogen) atoms. The minimum absolute atomic E-state index is 0.0378. The minimum atomic E-state index is -0.670. The molecule has 6 nitrogen and oxygen atoms in total. The van der Waals surface area contributed by atoms with Crippen LogP contribution in [0.3, 0.4) is 0 Å². The van der Waals surface area contributed by atoms with E-state index in [1.807, 2.05) is 38.1 Å². The first-order valence-electron chi connectivity index (χ1n) is 9.94. The number of likely N-dealkylation sites (N-methyl/N-ethyl adjacent to an activating group) is 1. The number of aryl methyl sites for hydroxylation is 1. The molecule has 2 atom stereocenters. The molecule has 150 valence electrons. The second-order valence-corrected chi connectivity index (χ2v) is 8.53. The lowest BCUT2D eigenvalue weighted by Gasteiger charge is -2.38. The van der Waals surface area contributed by atoms with Crippen molar-refractivity contribution in [2.45, 2.75) is 44.4 Å². The Labute approximate surface area is 162 Å². The topological polar surface area (TPSA) is 65.0 Å². The van der Waals surface area contributed by atoms with Crippen LogP contribution in [0.2, 0.25) is 0 Å². The normalized spacial score (nSPS) is 24.9. The van der Waals surface area contributed by atoms with E-state index in [1.165, 1.54) is 0 Å². The molecule has 0 aliphatic carbocycles. The molecule has 1 amide bonds. The van der Waals surface area contributed by atoms with E-state index in [4.69, 9.17) is 4.74 Å². The summed E-state index contributed by atoms with van der Waals surface area (Å²) in [6, 6.07) is 7.99. The zero-order valence-electron chi connectivity index (χ0n) is 16.8. The van der Waals surface area contributed by atoms with Crippen molar-refractivity contribution in [2.24, 2.45) is 0 Å². The van der Waals surface area contributed by atoms with Gasteiger partial charge in [0.15, 0.2) is 0 Å². The third-order valence-electron chi connectivity index (χ3n) is 5.62. The van der Waals surface area contributed by atoms with Gasteiger partial charge in [-0.05, 0) is 51.4 Å². The van der Waals surface area contributed by atoms with Crippen LogP contribution in [0.15, 0.2) is 24.3 Å². The number of piperazine rings is 1. The molecule has 2 saturated heterocycles. The van der Waals surface area contributed by atoms with E-state index in [2.05, 4.69) is 22.2 Å². The Bertz CT molecular complexity index is 619. The highest BCUT2D eigenvalue weighted by Crippen LogP contribution is 2.17. The van der Waals surface area contributed by atoms with E-state index in [0.29, 0.717) is 25.2 Å². The van der Waals surface area contributed by atoms with Gasteiger partial charge in [0, 0.05) is 31.7 Å². The lowest BCUT2D eigenvalue weighted by Crippen LogP contribution is -2.56. The van der Waals surface area contributed by atoms with E-state index < -0.39 is 5.60 Å². The average Bonchev–Trinajstić information content (AvgIpc) is 3.08. The number of rotatable bonds is 6. The van der Waals surface area contributed by atoms with Crippen molar-refractivity contribution in [1.82, 2.24) is 15.1 Å². The molecule has 1 aromatic rings. The zero-order chi connectivity index (χ0) is 19.4. The first kappa shape index (κ1) is 20.3. The molecular weight excluding hydrogens is 342 g/mol. The van der Waals surface area contributed by atoms with E-state index in [0.717, 1.165) is 38.2 Å². The number of carbonyl (C=O) groups is 1. The van der Waals surface area contributed by atoms with Crippen molar-refractivity contribution in [3.05, 3.63) is 35.4 Å². The molecule has 0 spiro atoms. The van der Waals surface area contributed by atoms with Crippen LogP contribution in [-0.4, -0.2) is 84.9 Å². The molecule has 2 aliphatic heterocycles. The van der Waals surface area contributed by atoms with Crippen LogP contribution in [0.4, 0.5) is 0 Å². The molecule has 2 fully saturated rings. The maximum absolute atomic E-state index is 12.7. The van der Waals surface area contributed by atoms with Crippen molar-refractivity contribution in [1.29, 1.82) is 0 Å². The molecule has 0 saturated carbocycles. The van der Waals surface area contributed by atoms with Gasteiger partial charge < -0.3 is 20.1 Å². The lowest BCUT2D eigenvalue weighted by atomic mass is 9.98. The molecule has 6 heteroatoms. The fraction of sp³-hybridized carbons (Fsp3) is 0.667. The lowest BCUT2D eigenvalue weighted by molar-refractivity contribution is 0.0713. The van der Waals surface area contributed by atoms with Crippen LogP contribution >= 0.6 is 0 Å². The molecule has 0 unspecified atom stereocenters. The Morgan fingerprint density at radius 3 is 2.48 bits per heavy atom. The third kappa shape index (κ3) is 5.75. The van der Waals surface area contributed by atoms with E-state index in [1.54, 1.807) is 0 Å². The smallest absolute Gasteiger partial charge is 0.251 e. The molecule has 2 aliphatic rings. The van der Waals surface area contributed by atoms with Crippen molar-refractivity contribution in [2.75, 3.05) is 46.4 Å². The van der Waals surface area contributed by atoms with Crippen LogP contribution < -0.4 is 5.32 Å². The van der Waals surface area contributed by atoms with E-state index in [-0.39, 0.29) is 18.0 Å². The van der Waals surface area contributed by atoms with Gasteiger partial charge in [-0.25, -0.2) is 0 Å². The number of ether oxygens (including phenoxy) is 1. The molecular formula is C21H33N3O3. The van der Waals surface area contributed by atoms with E-state index >= 15 is 0 Å². The fourth-order valence-corrected chi connectivity index (χ4v) is 3.72. The Kier molecular flexibility index (Phi) is 6.52. The van der Waals surface area contributed by atoms with Crippen LogP contribution in [0, 0.1) is 0 Å². The Morgan fingerprint density at radius 1 is 1.19 bits per heavy atom. The summed E-state index contributed by atoms with van der Waals surface area (Å²) in [7, 11) is 2.15. The number of nitrogens with zero attached hydrogens (tertiary/aromatic N) is 2. The zero-order valence-corrected chi connectivity index (χ0v) is 16.8. The maximum atomic E-state index is 12.7. The predicted octanol–water partition coefficient (Wildman–Crippen LogP) is 1.13. The van der Waals surface area contributed by atoms with Gasteiger partial charge in [0.05, 0.1) is 30.9 Å². The summed E-state index contributed by atoms with van der Waals surface area (Å²) in [5.74, 6) is -0.0429. The molecule has 0 radical (unpaired) electrons. The second-order valence-electron chi connectivity index (χ2n) is 8.53. The number of aliphatic hydroxyl groups is 1. The van der Waals surface area contributed by atoms with Gasteiger partial charge in [0.1, 0.15) is 0 Å². The molecule has 0 bridgehead atoms. The van der Waals surface area contributed by atoms with Crippen molar-refractivity contribution in [3.8, 4) is 0 Å². The Morgan fingerprint density at radius 2 is 1.85 bits per heavy atom. The number of nitrogens with one attached hydrogen (secondary N) is 1. The fourth-order valence-electron chi connectivity index (χ4n) is 3.72. The highest BCUT2D eigenvalue weighted by molar-refractivity contribution is 5.94. The van der Waals surface area contributed by atoms with Crippen LogP contribution in [0.5, 0.6) is 0 Å². The van der Waals surface area contributed by atoms with Crippen LogP contribution in [-0.2, 0) is 11.2 Å². The highest BCUT2D eigenvalue weighted by atomic mass is 16.5. The number of hydrogen-bond donors (Lipinski definition) is 2. The van der Waals surface area contributed by atoms with Gasteiger partial charge in [-0.2, -0.15) is 0 Å². The van der Waals surface area contributed by atoms with Crippen LogP contribution in [0.1, 0.15) is 36.2 Å². The van der Waals surface area contributed by atoms with Crippen molar-refractivity contribution >= 4 is 5.91 Å². The summed E-state index contributed by atoms with van der Waals surface area (Å²) in [5.41, 5.74) is 1.13. The molecule has 2 heterocycles. The summed E-state index contributed by atoms with van der Waals surface area (Å²) < 4.78 is 5.68. The van der Waals surface area contributed by atoms with Gasteiger partial charge in [-0.3, -0.25) is 9.69 Å². The van der Waals surface area contributed by atoms with Crippen LogP contribution in [0.25, 0.3) is 0 Å². The molecule has 2 N–H and O–H groups in total. The number of amides is 1. The number of benzene rings is 1. The van der Waals surface area contributed by atoms with Gasteiger partial charge in [0.2, 0.25) is 0 Å². The van der Waals surface area contributed by atoms with Crippen molar-refractivity contribution in [3.63, 3.8) is 0 Å². The standard InChI is InChI=1S/C21H33N3O3/c1-21(2,26)9-8-16-4-6-17(7-5-16)20(25)22-18-14-27-15-19(18)24-12-10-23(3)11-13-24/h4-7,18-19,26H,8-15H2,1-3H3,(H,22,25)/t18-,19-/m1/s1. The van der Waals surface area contributed by atoms with Crippen molar-refractivity contribution < 1.29 is 14.6 Å². The van der Waals surface area contributed by atoms with Gasteiger partial charge in [-0.1, -0.05) is 12.1 Å². The monoisotopic (exact) mass is 375 g/mol. The van der Waals surface area contributed by atoms with Gasteiger partial charge >= 0.3 is 0 Å². The SMILES string of the molecule is CN1CCN([C@@H]2COC[C@H]2NC(=O)c2ccc(CCC(C)(C)O)cc2)CC1. The summed E-state index contributed by atoms with van der Waals surface area (Å²) >= 11 is 0. The maximum Gasteiger partial charge on any atom is 0.251 e. The third-order valence-corrected chi connectivity index (χ3v) is 5.62. The number of carbonyl (C=O) groups excluding carboxylic acids is 1. The highest BCUT2D eigenvalue weighted by Gasteiger charge is 2.35. The number of hydrogen-bond acceptors (Lipinski definition) is 5. The average molecular weight is 376 g/mol. The Balaban J connectivity index is 1.54. The predicted molar refractivity (Wildman–Crippen MR) is 106 cm³/mol.